The van der Waals surface area contributed by atoms with Crippen molar-refractivity contribution in [1.82, 2.24) is 5.32 Å². The molecule has 1 aromatic carbocycles. The molecule has 0 saturated heterocycles. The van der Waals surface area contributed by atoms with E-state index >= 15 is 0 Å². The SMILES string of the molecule is CCCOc1ccccc1C(NCC)C(C)(CC)OCC. The van der Waals surface area contributed by atoms with Gasteiger partial charge in [-0.25, -0.2) is 0 Å². The maximum Gasteiger partial charge on any atom is 0.124 e. The summed E-state index contributed by atoms with van der Waals surface area (Å²) in [6, 6.07) is 8.42. The third kappa shape index (κ3) is 4.72. The molecule has 0 heterocycles. The Labute approximate surface area is 130 Å². The molecular weight excluding hydrogens is 262 g/mol. The quantitative estimate of drug-likeness (QED) is 0.696. The lowest BCUT2D eigenvalue weighted by atomic mass is 9.87. The van der Waals surface area contributed by atoms with Gasteiger partial charge in [0.2, 0.25) is 0 Å². The van der Waals surface area contributed by atoms with Crippen molar-refractivity contribution >= 4 is 0 Å². The summed E-state index contributed by atoms with van der Waals surface area (Å²) in [7, 11) is 0. The van der Waals surface area contributed by atoms with E-state index in [1.54, 1.807) is 0 Å². The minimum Gasteiger partial charge on any atom is -0.493 e. The minimum atomic E-state index is -0.240. The van der Waals surface area contributed by atoms with Crippen molar-refractivity contribution in [3.8, 4) is 5.75 Å². The molecule has 0 radical (unpaired) electrons. The second-order valence-corrected chi connectivity index (χ2v) is 5.48. The van der Waals surface area contributed by atoms with Crippen molar-refractivity contribution in [2.24, 2.45) is 0 Å². The summed E-state index contributed by atoms with van der Waals surface area (Å²) in [6.45, 7) is 13.0. The Morgan fingerprint density at radius 3 is 2.43 bits per heavy atom. The molecule has 0 saturated carbocycles. The Morgan fingerprint density at radius 2 is 1.86 bits per heavy atom. The van der Waals surface area contributed by atoms with Crippen LogP contribution in [0.25, 0.3) is 0 Å². The van der Waals surface area contributed by atoms with Gasteiger partial charge in [0.1, 0.15) is 5.75 Å². The van der Waals surface area contributed by atoms with Crippen LogP contribution in [0.1, 0.15) is 59.1 Å². The molecule has 1 rings (SSSR count). The van der Waals surface area contributed by atoms with Gasteiger partial charge in [-0.05, 0) is 39.3 Å². The molecule has 0 aliphatic rings. The van der Waals surface area contributed by atoms with Crippen LogP contribution in [-0.2, 0) is 4.74 Å². The first-order valence-corrected chi connectivity index (χ1v) is 8.21. The highest BCUT2D eigenvalue weighted by molar-refractivity contribution is 5.37. The maximum atomic E-state index is 6.09. The van der Waals surface area contributed by atoms with E-state index in [0.29, 0.717) is 6.61 Å². The fourth-order valence-corrected chi connectivity index (χ4v) is 2.64. The smallest absolute Gasteiger partial charge is 0.124 e. The van der Waals surface area contributed by atoms with Gasteiger partial charge in [0.15, 0.2) is 0 Å². The number of rotatable bonds is 10. The lowest BCUT2D eigenvalue weighted by Crippen LogP contribution is -2.43. The second kappa shape index (κ2) is 9.06. The number of ether oxygens (including phenoxy) is 2. The van der Waals surface area contributed by atoms with E-state index in [2.05, 4.69) is 58.1 Å². The third-order valence-electron chi connectivity index (χ3n) is 3.89. The summed E-state index contributed by atoms with van der Waals surface area (Å²) in [6.07, 6.45) is 1.96. The van der Waals surface area contributed by atoms with Gasteiger partial charge in [-0.1, -0.05) is 39.0 Å². The van der Waals surface area contributed by atoms with Crippen LogP contribution >= 0.6 is 0 Å². The van der Waals surface area contributed by atoms with E-state index in [1.807, 2.05) is 6.07 Å². The molecule has 3 nitrogen and oxygen atoms in total. The van der Waals surface area contributed by atoms with Gasteiger partial charge in [-0.15, -0.1) is 0 Å². The normalized spacial score (nSPS) is 15.5. The summed E-state index contributed by atoms with van der Waals surface area (Å²) in [5.41, 5.74) is 0.946. The molecule has 0 aliphatic carbocycles. The van der Waals surface area contributed by atoms with Crippen molar-refractivity contribution in [2.45, 2.75) is 59.1 Å². The highest BCUT2D eigenvalue weighted by atomic mass is 16.5. The van der Waals surface area contributed by atoms with Crippen molar-refractivity contribution in [3.05, 3.63) is 29.8 Å². The first-order chi connectivity index (χ1) is 10.1. The minimum absolute atomic E-state index is 0.125. The molecule has 1 aromatic rings. The molecule has 0 amide bonds. The van der Waals surface area contributed by atoms with E-state index < -0.39 is 0 Å². The van der Waals surface area contributed by atoms with Gasteiger partial charge < -0.3 is 14.8 Å². The van der Waals surface area contributed by atoms with Crippen LogP contribution in [0.15, 0.2) is 24.3 Å². The highest BCUT2D eigenvalue weighted by Gasteiger charge is 2.35. The molecule has 21 heavy (non-hydrogen) atoms. The second-order valence-electron chi connectivity index (χ2n) is 5.48. The predicted molar refractivity (Wildman–Crippen MR) is 89.0 cm³/mol. The average Bonchev–Trinajstić information content (AvgIpc) is 2.51. The Kier molecular flexibility index (Phi) is 7.76. The molecule has 1 N–H and O–H groups in total. The maximum absolute atomic E-state index is 6.09. The third-order valence-corrected chi connectivity index (χ3v) is 3.89. The van der Waals surface area contributed by atoms with Crippen LogP contribution in [0, 0.1) is 0 Å². The number of nitrogens with one attached hydrogen (secondary N) is 1. The van der Waals surface area contributed by atoms with Crippen LogP contribution in [0.4, 0.5) is 0 Å². The monoisotopic (exact) mass is 293 g/mol. The van der Waals surface area contributed by atoms with E-state index in [4.69, 9.17) is 9.47 Å². The van der Waals surface area contributed by atoms with Crippen molar-refractivity contribution in [3.63, 3.8) is 0 Å². The van der Waals surface area contributed by atoms with Gasteiger partial charge in [0, 0.05) is 12.2 Å². The zero-order chi connectivity index (χ0) is 15.7. The number of hydrogen-bond acceptors (Lipinski definition) is 3. The lowest BCUT2D eigenvalue weighted by Gasteiger charge is -2.38. The number of likely N-dealkylation sites (N-methyl/N-ethyl adjacent to an activating group) is 1. The Hall–Kier alpha value is -1.06. The fraction of sp³-hybridized carbons (Fsp3) is 0.667. The molecule has 2 unspecified atom stereocenters. The fourth-order valence-electron chi connectivity index (χ4n) is 2.64. The number of hydrogen-bond donors (Lipinski definition) is 1. The van der Waals surface area contributed by atoms with E-state index in [0.717, 1.165) is 31.7 Å². The van der Waals surface area contributed by atoms with Gasteiger partial charge in [0.25, 0.3) is 0 Å². The molecule has 0 spiro atoms. The zero-order valence-electron chi connectivity index (χ0n) is 14.2. The van der Waals surface area contributed by atoms with E-state index in [-0.39, 0.29) is 11.6 Å². The van der Waals surface area contributed by atoms with Crippen LogP contribution in [0.5, 0.6) is 5.75 Å². The Morgan fingerprint density at radius 1 is 1.14 bits per heavy atom. The predicted octanol–water partition coefficient (Wildman–Crippen LogP) is 4.33. The first kappa shape index (κ1) is 18.0. The van der Waals surface area contributed by atoms with Crippen LogP contribution in [0.2, 0.25) is 0 Å². The summed E-state index contributed by atoms with van der Waals surface area (Å²) in [4.78, 5) is 0. The van der Waals surface area contributed by atoms with Gasteiger partial charge in [0.05, 0.1) is 18.2 Å². The van der Waals surface area contributed by atoms with Gasteiger partial charge >= 0.3 is 0 Å². The topological polar surface area (TPSA) is 30.5 Å². The molecule has 3 heteroatoms. The van der Waals surface area contributed by atoms with Crippen molar-refractivity contribution in [1.29, 1.82) is 0 Å². The van der Waals surface area contributed by atoms with Gasteiger partial charge in [-0.2, -0.15) is 0 Å². The average molecular weight is 293 g/mol. The molecule has 0 aromatic heterocycles. The summed E-state index contributed by atoms with van der Waals surface area (Å²) < 4.78 is 12.0. The molecule has 0 aliphatic heterocycles. The standard InChI is InChI=1S/C18H31NO2/c1-6-14-20-16-13-11-10-12-15(16)17(19-8-3)18(5,7-2)21-9-4/h10-13,17,19H,6-9,14H2,1-5H3. The van der Waals surface area contributed by atoms with Crippen LogP contribution in [0.3, 0.4) is 0 Å². The summed E-state index contributed by atoms with van der Waals surface area (Å²) in [5.74, 6) is 0.963. The first-order valence-electron chi connectivity index (χ1n) is 8.21. The van der Waals surface area contributed by atoms with Crippen molar-refractivity contribution in [2.75, 3.05) is 19.8 Å². The summed E-state index contributed by atoms with van der Waals surface area (Å²) in [5, 5.41) is 3.59. The molecule has 0 fully saturated rings. The number of benzene rings is 1. The summed E-state index contributed by atoms with van der Waals surface area (Å²) >= 11 is 0. The van der Waals surface area contributed by atoms with Crippen molar-refractivity contribution < 1.29 is 9.47 Å². The van der Waals surface area contributed by atoms with Crippen LogP contribution < -0.4 is 10.1 Å². The van der Waals surface area contributed by atoms with Gasteiger partial charge in [-0.3, -0.25) is 0 Å². The molecule has 0 bridgehead atoms. The molecule has 120 valence electrons. The van der Waals surface area contributed by atoms with E-state index in [1.165, 1.54) is 5.56 Å². The largest absolute Gasteiger partial charge is 0.493 e. The number of para-hydroxylation sites is 1. The van der Waals surface area contributed by atoms with Crippen LogP contribution in [-0.4, -0.2) is 25.4 Å². The van der Waals surface area contributed by atoms with E-state index in [9.17, 15) is 0 Å². The Balaban J connectivity index is 3.15. The Bertz CT molecular complexity index is 408. The lowest BCUT2D eigenvalue weighted by molar-refractivity contribution is -0.0565. The molecule has 2 atom stereocenters. The zero-order valence-corrected chi connectivity index (χ0v) is 14.2. The highest BCUT2D eigenvalue weighted by Crippen LogP contribution is 2.36. The molecular formula is C18H31NO2.